The third kappa shape index (κ3) is 4.35. The minimum absolute atomic E-state index is 0.211. The highest BCUT2D eigenvalue weighted by Gasteiger charge is 2.07. The number of hydrogen-bond donors (Lipinski definition) is 1. The lowest BCUT2D eigenvalue weighted by atomic mass is 10.2. The molecule has 2 rings (SSSR count). The van der Waals surface area contributed by atoms with Crippen LogP contribution < -0.4 is 16.6 Å². The first-order chi connectivity index (χ1) is 12.3. The van der Waals surface area contributed by atoms with E-state index < -0.39 is 23.1 Å². The first-order valence-electron chi connectivity index (χ1n) is 7.86. The van der Waals surface area contributed by atoms with Crippen molar-refractivity contribution >= 4 is 23.6 Å². The molecule has 0 aliphatic heterocycles. The second-order valence-corrected chi connectivity index (χ2v) is 5.46. The van der Waals surface area contributed by atoms with E-state index >= 15 is 0 Å². The number of anilines is 1. The Morgan fingerprint density at radius 2 is 1.81 bits per heavy atom. The zero-order valence-corrected chi connectivity index (χ0v) is 14.7. The van der Waals surface area contributed by atoms with E-state index in [1.165, 1.54) is 37.0 Å². The Hall–Kier alpha value is -3.42. The molecule has 0 saturated carbocycles. The summed E-state index contributed by atoms with van der Waals surface area (Å²) >= 11 is 0. The molecule has 0 atom stereocenters. The van der Waals surface area contributed by atoms with Gasteiger partial charge in [0.05, 0.1) is 17.7 Å². The molecule has 0 aliphatic rings. The molecule has 1 aromatic carbocycles. The van der Waals surface area contributed by atoms with Crippen molar-refractivity contribution in [3.63, 3.8) is 0 Å². The first-order valence-corrected chi connectivity index (χ1v) is 7.86. The number of esters is 1. The van der Waals surface area contributed by atoms with E-state index in [2.05, 4.69) is 5.32 Å². The number of carbonyl (C=O) groups excluding carboxylic acids is 2. The van der Waals surface area contributed by atoms with Crippen LogP contribution in [0.4, 0.5) is 5.69 Å². The van der Waals surface area contributed by atoms with Crippen molar-refractivity contribution in [3.05, 3.63) is 68.5 Å². The molecule has 1 N–H and O–H groups in total. The molecule has 1 aromatic heterocycles. The second-order valence-electron chi connectivity index (χ2n) is 5.46. The predicted octanol–water partition coefficient (Wildman–Crippen LogP) is 0.913. The molecule has 0 saturated heterocycles. The number of aryl methyl sites for hydroxylation is 1. The summed E-state index contributed by atoms with van der Waals surface area (Å²) in [5, 5.41) is 2.62. The predicted molar refractivity (Wildman–Crippen MR) is 97.0 cm³/mol. The van der Waals surface area contributed by atoms with Gasteiger partial charge in [-0.2, -0.15) is 0 Å². The fraction of sp³-hybridized carbons (Fsp3) is 0.222. The summed E-state index contributed by atoms with van der Waals surface area (Å²) in [6, 6.07) is 6.23. The van der Waals surface area contributed by atoms with Gasteiger partial charge in [-0.15, -0.1) is 0 Å². The number of hydrogen-bond acceptors (Lipinski definition) is 5. The Kier molecular flexibility index (Phi) is 5.90. The summed E-state index contributed by atoms with van der Waals surface area (Å²) < 4.78 is 7.10. The van der Waals surface area contributed by atoms with Crippen LogP contribution in [0.15, 0.2) is 46.1 Å². The number of rotatable bonds is 5. The largest absolute Gasteiger partial charge is 0.462 e. The molecule has 26 heavy (non-hydrogen) atoms. The van der Waals surface area contributed by atoms with Crippen LogP contribution in [0.1, 0.15) is 22.8 Å². The first kappa shape index (κ1) is 18.9. The molecule has 2 aromatic rings. The van der Waals surface area contributed by atoms with Gasteiger partial charge < -0.3 is 14.6 Å². The molecule has 8 heteroatoms. The summed E-state index contributed by atoms with van der Waals surface area (Å²) in [5.74, 6) is -0.888. The summed E-state index contributed by atoms with van der Waals surface area (Å²) in [6.45, 7) is 2.00. The lowest BCUT2D eigenvalue weighted by Crippen LogP contribution is -2.37. The lowest BCUT2D eigenvalue weighted by Gasteiger charge is -2.05. The van der Waals surface area contributed by atoms with Crippen LogP contribution in [-0.4, -0.2) is 27.6 Å². The van der Waals surface area contributed by atoms with Crippen LogP contribution in [0.3, 0.4) is 0 Å². The topological polar surface area (TPSA) is 99.4 Å². The molecule has 1 amide bonds. The van der Waals surface area contributed by atoms with Gasteiger partial charge in [-0.05, 0) is 37.3 Å². The smallest absolute Gasteiger partial charge is 0.338 e. The number of carbonyl (C=O) groups is 2. The van der Waals surface area contributed by atoms with Crippen molar-refractivity contribution in [1.82, 2.24) is 9.13 Å². The lowest BCUT2D eigenvalue weighted by molar-refractivity contribution is -0.111. The maximum absolute atomic E-state index is 12.0. The fourth-order valence-electron chi connectivity index (χ4n) is 2.20. The highest BCUT2D eigenvalue weighted by atomic mass is 16.5. The standard InChI is InChI=1S/C18H19N3O5/c1-4-26-17(24)12-5-8-14(9-6-12)19-15(22)10-7-13-11-20(2)18(25)21(3)16(13)23/h5-11H,4H2,1-3H3,(H,19,22). The Balaban J connectivity index is 2.10. The maximum atomic E-state index is 12.0. The van der Waals surface area contributed by atoms with E-state index in [1.807, 2.05) is 0 Å². The number of amides is 1. The van der Waals surface area contributed by atoms with Gasteiger partial charge in [-0.1, -0.05) is 0 Å². The van der Waals surface area contributed by atoms with Crippen LogP contribution in [0.2, 0.25) is 0 Å². The van der Waals surface area contributed by atoms with E-state index in [9.17, 15) is 19.2 Å². The SMILES string of the molecule is CCOC(=O)c1ccc(NC(=O)C=Cc2cn(C)c(=O)n(C)c2=O)cc1. The van der Waals surface area contributed by atoms with Crippen LogP contribution in [0.25, 0.3) is 6.08 Å². The minimum atomic E-state index is -0.490. The van der Waals surface area contributed by atoms with Crippen LogP contribution in [0.5, 0.6) is 0 Å². The van der Waals surface area contributed by atoms with E-state index in [0.717, 1.165) is 4.57 Å². The maximum Gasteiger partial charge on any atom is 0.338 e. The number of benzene rings is 1. The van der Waals surface area contributed by atoms with Crippen molar-refractivity contribution in [2.24, 2.45) is 14.1 Å². The van der Waals surface area contributed by atoms with Crippen LogP contribution >= 0.6 is 0 Å². The van der Waals surface area contributed by atoms with E-state index in [0.29, 0.717) is 11.3 Å². The number of aromatic nitrogens is 2. The Bertz CT molecular complexity index is 968. The summed E-state index contributed by atoms with van der Waals surface area (Å²) in [7, 11) is 2.89. The van der Waals surface area contributed by atoms with E-state index in [1.54, 1.807) is 31.2 Å². The number of nitrogens with one attached hydrogen (secondary N) is 1. The highest BCUT2D eigenvalue weighted by Crippen LogP contribution is 2.10. The molecule has 0 bridgehead atoms. The Morgan fingerprint density at radius 3 is 2.42 bits per heavy atom. The van der Waals surface area contributed by atoms with Crippen LogP contribution in [0, 0.1) is 0 Å². The average molecular weight is 357 g/mol. The molecule has 1 heterocycles. The quantitative estimate of drug-likeness (QED) is 0.633. The normalized spacial score (nSPS) is 10.7. The summed E-state index contributed by atoms with van der Waals surface area (Å²) in [4.78, 5) is 47.2. The van der Waals surface area contributed by atoms with Crippen molar-refractivity contribution < 1.29 is 14.3 Å². The van der Waals surface area contributed by atoms with Crippen molar-refractivity contribution in [2.45, 2.75) is 6.92 Å². The van der Waals surface area contributed by atoms with Gasteiger partial charge in [-0.3, -0.25) is 14.2 Å². The highest BCUT2D eigenvalue weighted by molar-refractivity contribution is 6.02. The third-order valence-corrected chi connectivity index (χ3v) is 3.55. The van der Waals surface area contributed by atoms with Gasteiger partial charge in [0, 0.05) is 32.1 Å². The van der Waals surface area contributed by atoms with E-state index in [-0.39, 0.29) is 12.2 Å². The number of ether oxygens (including phenoxy) is 1. The zero-order valence-electron chi connectivity index (χ0n) is 14.7. The number of nitrogens with zero attached hydrogens (tertiary/aromatic N) is 2. The van der Waals surface area contributed by atoms with Crippen molar-refractivity contribution in [2.75, 3.05) is 11.9 Å². The Labute approximate surface area is 149 Å². The average Bonchev–Trinajstić information content (AvgIpc) is 2.62. The molecule has 136 valence electrons. The molecule has 0 unspecified atom stereocenters. The van der Waals surface area contributed by atoms with Gasteiger partial charge in [-0.25, -0.2) is 9.59 Å². The third-order valence-electron chi connectivity index (χ3n) is 3.55. The molecule has 0 aliphatic carbocycles. The molecular weight excluding hydrogens is 338 g/mol. The Morgan fingerprint density at radius 1 is 1.15 bits per heavy atom. The van der Waals surface area contributed by atoms with Gasteiger partial charge in [0.1, 0.15) is 0 Å². The molecule has 0 fully saturated rings. The minimum Gasteiger partial charge on any atom is -0.462 e. The molecule has 0 radical (unpaired) electrons. The van der Waals surface area contributed by atoms with Crippen LogP contribution in [-0.2, 0) is 23.6 Å². The second kappa shape index (κ2) is 8.11. The van der Waals surface area contributed by atoms with Crippen molar-refractivity contribution in [3.8, 4) is 0 Å². The van der Waals surface area contributed by atoms with Gasteiger partial charge >= 0.3 is 11.7 Å². The summed E-state index contributed by atoms with van der Waals surface area (Å²) in [5.41, 5.74) is 0.145. The fourth-order valence-corrected chi connectivity index (χ4v) is 2.20. The summed E-state index contributed by atoms with van der Waals surface area (Å²) in [6.07, 6.45) is 3.90. The van der Waals surface area contributed by atoms with E-state index in [4.69, 9.17) is 4.74 Å². The molecule has 0 spiro atoms. The zero-order chi connectivity index (χ0) is 19.3. The molecular formula is C18H19N3O5. The van der Waals surface area contributed by atoms with Crippen molar-refractivity contribution in [1.29, 1.82) is 0 Å². The monoisotopic (exact) mass is 357 g/mol. The molecule has 8 nitrogen and oxygen atoms in total. The van der Waals surface area contributed by atoms with Gasteiger partial charge in [0.25, 0.3) is 5.56 Å². The van der Waals surface area contributed by atoms with Gasteiger partial charge in [0.2, 0.25) is 5.91 Å². The van der Waals surface area contributed by atoms with Gasteiger partial charge in [0.15, 0.2) is 0 Å².